The maximum atomic E-state index is 13.5. The van der Waals surface area contributed by atoms with Crippen LogP contribution in [0.1, 0.15) is 24.6 Å². The van der Waals surface area contributed by atoms with E-state index < -0.39 is 29.6 Å². The monoisotopic (exact) mass is 353 g/mol. The molecular weight excluding hydrogens is 336 g/mol. The number of hydrogen-bond donors (Lipinski definition) is 1. The molecule has 0 spiro atoms. The van der Waals surface area contributed by atoms with Crippen molar-refractivity contribution in [2.24, 2.45) is 0 Å². The Morgan fingerprint density at radius 3 is 2.75 bits per heavy atom. The Bertz CT molecular complexity index is 704. The first-order valence-electron chi connectivity index (χ1n) is 7.43. The molecule has 2 aromatic rings. The third kappa shape index (κ3) is 5.42. The molecule has 1 aromatic heterocycles. The number of esters is 1. The van der Waals surface area contributed by atoms with E-state index in [1.807, 2.05) is 17.5 Å². The minimum Gasteiger partial charge on any atom is -0.453 e. The van der Waals surface area contributed by atoms with Gasteiger partial charge in [-0.25, -0.2) is 8.78 Å². The van der Waals surface area contributed by atoms with E-state index in [-0.39, 0.29) is 12.1 Å². The highest BCUT2D eigenvalue weighted by atomic mass is 32.1. The number of nitrogens with one attached hydrogen (secondary N) is 1. The van der Waals surface area contributed by atoms with Gasteiger partial charge in [0.15, 0.2) is 6.10 Å². The fourth-order valence-corrected chi connectivity index (χ4v) is 2.75. The largest absolute Gasteiger partial charge is 0.453 e. The molecule has 0 aliphatic carbocycles. The maximum absolute atomic E-state index is 13.5. The number of thiophene rings is 1. The highest BCUT2D eigenvalue weighted by Crippen LogP contribution is 2.16. The molecule has 0 bridgehead atoms. The van der Waals surface area contributed by atoms with Crippen LogP contribution in [0.2, 0.25) is 0 Å². The molecule has 0 unspecified atom stereocenters. The predicted molar refractivity (Wildman–Crippen MR) is 87.8 cm³/mol. The summed E-state index contributed by atoms with van der Waals surface area (Å²) in [6.45, 7) is 1.40. The summed E-state index contributed by atoms with van der Waals surface area (Å²) < 4.78 is 31.3. The van der Waals surface area contributed by atoms with Crippen molar-refractivity contribution in [1.82, 2.24) is 0 Å². The van der Waals surface area contributed by atoms with Crippen molar-refractivity contribution in [2.45, 2.75) is 32.3 Å². The van der Waals surface area contributed by atoms with Crippen LogP contribution in [0.5, 0.6) is 0 Å². The Morgan fingerprint density at radius 1 is 1.29 bits per heavy atom. The average Bonchev–Trinajstić information content (AvgIpc) is 3.03. The number of amides is 1. The normalized spacial score (nSPS) is 11.8. The zero-order chi connectivity index (χ0) is 17.5. The van der Waals surface area contributed by atoms with Crippen LogP contribution in [0.25, 0.3) is 0 Å². The Labute approximate surface area is 142 Å². The molecule has 0 fully saturated rings. The zero-order valence-corrected chi connectivity index (χ0v) is 13.9. The van der Waals surface area contributed by atoms with Crippen LogP contribution in [0.3, 0.4) is 0 Å². The summed E-state index contributed by atoms with van der Waals surface area (Å²) in [6, 6.07) is 6.73. The van der Waals surface area contributed by atoms with E-state index in [0.717, 1.165) is 18.6 Å². The molecule has 0 saturated heterocycles. The van der Waals surface area contributed by atoms with Gasteiger partial charge in [0.05, 0.1) is 5.69 Å². The second kappa shape index (κ2) is 8.54. The molecule has 0 saturated carbocycles. The fourth-order valence-electron chi connectivity index (χ4n) is 2.00. The lowest BCUT2D eigenvalue weighted by Crippen LogP contribution is -2.30. The van der Waals surface area contributed by atoms with Gasteiger partial charge in [0.1, 0.15) is 11.6 Å². The topological polar surface area (TPSA) is 55.4 Å². The molecule has 0 aliphatic heterocycles. The van der Waals surface area contributed by atoms with Gasteiger partial charge < -0.3 is 10.1 Å². The molecule has 24 heavy (non-hydrogen) atoms. The molecule has 2 rings (SSSR count). The van der Waals surface area contributed by atoms with Crippen LogP contribution in [0, 0.1) is 11.6 Å². The van der Waals surface area contributed by atoms with Crippen LogP contribution < -0.4 is 5.32 Å². The average molecular weight is 353 g/mol. The van der Waals surface area contributed by atoms with Crippen LogP contribution in [-0.2, 0) is 20.7 Å². The number of benzene rings is 1. The van der Waals surface area contributed by atoms with Gasteiger partial charge in [0.25, 0.3) is 5.91 Å². The van der Waals surface area contributed by atoms with Crippen LogP contribution in [0.4, 0.5) is 14.5 Å². The molecule has 4 nitrogen and oxygen atoms in total. The molecule has 1 aromatic carbocycles. The van der Waals surface area contributed by atoms with E-state index in [4.69, 9.17) is 4.74 Å². The Balaban J connectivity index is 1.76. The van der Waals surface area contributed by atoms with Gasteiger partial charge >= 0.3 is 5.97 Å². The minimum atomic E-state index is -1.07. The van der Waals surface area contributed by atoms with Gasteiger partial charge in [-0.1, -0.05) is 6.07 Å². The Morgan fingerprint density at radius 2 is 2.08 bits per heavy atom. The number of halogens is 2. The summed E-state index contributed by atoms with van der Waals surface area (Å²) in [7, 11) is 0. The quantitative estimate of drug-likeness (QED) is 0.768. The molecule has 1 N–H and O–H groups in total. The summed E-state index contributed by atoms with van der Waals surface area (Å²) in [5.74, 6) is -2.80. The minimum absolute atomic E-state index is 0.165. The van der Waals surface area contributed by atoms with Crippen molar-refractivity contribution in [2.75, 3.05) is 5.32 Å². The van der Waals surface area contributed by atoms with Gasteiger partial charge in [-0.2, -0.15) is 0 Å². The van der Waals surface area contributed by atoms with E-state index in [9.17, 15) is 18.4 Å². The third-order valence-electron chi connectivity index (χ3n) is 3.25. The van der Waals surface area contributed by atoms with Gasteiger partial charge in [-0.3, -0.25) is 9.59 Å². The molecule has 1 heterocycles. The Hall–Kier alpha value is -2.28. The number of rotatable bonds is 7. The lowest BCUT2D eigenvalue weighted by molar-refractivity contribution is -0.153. The highest BCUT2D eigenvalue weighted by Gasteiger charge is 2.19. The van der Waals surface area contributed by atoms with E-state index >= 15 is 0 Å². The van der Waals surface area contributed by atoms with Crippen LogP contribution in [0.15, 0.2) is 35.7 Å². The number of hydrogen-bond acceptors (Lipinski definition) is 4. The summed E-state index contributed by atoms with van der Waals surface area (Å²) in [5, 5.41) is 4.23. The predicted octanol–water partition coefficient (Wildman–Crippen LogP) is 3.92. The molecule has 1 amide bonds. The molecule has 128 valence electrons. The highest BCUT2D eigenvalue weighted by molar-refractivity contribution is 7.09. The van der Waals surface area contributed by atoms with E-state index in [1.165, 1.54) is 11.8 Å². The second-order valence-corrected chi connectivity index (χ2v) is 6.21. The molecular formula is C17H17F2NO3S. The summed E-state index contributed by atoms with van der Waals surface area (Å²) >= 11 is 1.62. The van der Waals surface area contributed by atoms with Crippen LogP contribution >= 0.6 is 11.3 Å². The summed E-state index contributed by atoms with van der Waals surface area (Å²) in [5.41, 5.74) is -0.165. The first kappa shape index (κ1) is 18.1. The van der Waals surface area contributed by atoms with Crippen molar-refractivity contribution < 1.29 is 23.1 Å². The summed E-state index contributed by atoms with van der Waals surface area (Å²) in [6.07, 6.45) is 0.526. The van der Waals surface area contributed by atoms with E-state index in [0.29, 0.717) is 12.5 Å². The van der Waals surface area contributed by atoms with E-state index in [2.05, 4.69) is 5.32 Å². The molecule has 1 atom stereocenters. The number of anilines is 1. The molecule has 0 aliphatic rings. The molecule has 7 heteroatoms. The fraction of sp³-hybridized carbons (Fsp3) is 0.294. The number of ether oxygens (including phenoxy) is 1. The SMILES string of the molecule is C[C@H](OC(=O)CCCc1cccs1)C(=O)Nc1ccc(F)cc1F. The van der Waals surface area contributed by atoms with Crippen molar-refractivity contribution in [3.05, 3.63) is 52.2 Å². The number of carbonyl (C=O) groups is 2. The Kier molecular flexibility index (Phi) is 6.43. The second-order valence-electron chi connectivity index (χ2n) is 5.18. The van der Waals surface area contributed by atoms with Crippen molar-refractivity contribution in [1.29, 1.82) is 0 Å². The first-order chi connectivity index (χ1) is 11.5. The first-order valence-corrected chi connectivity index (χ1v) is 8.31. The standard InChI is InChI=1S/C17H17F2NO3S/c1-11(17(22)20-15-8-7-12(18)10-14(15)19)23-16(21)6-2-4-13-5-3-9-24-13/h3,5,7-11H,2,4,6H2,1H3,(H,20,22)/t11-/m0/s1. The van der Waals surface area contributed by atoms with Gasteiger partial charge in [0.2, 0.25) is 0 Å². The third-order valence-corrected chi connectivity index (χ3v) is 4.19. The summed E-state index contributed by atoms with van der Waals surface area (Å²) in [4.78, 5) is 24.8. The van der Waals surface area contributed by atoms with Crippen LogP contribution in [-0.4, -0.2) is 18.0 Å². The van der Waals surface area contributed by atoms with Crippen molar-refractivity contribution >= 4 is 28.9 Å². The lowest BCUT2D eigenvalue weighted by atomic mass is 10.2. The number of carbonyl (C=O) groups excluding carboxylic acids is 2. The van der Waals surface area contributed by atoms with Gasteiger partial charge in [-0.05, 0) is 43.3 Å². The number of aryl methyl sites for hydroxylation is 1. The van der Waals surface area contributed by atoms with E-state index in [1.54, 1.807) is 11.3 Å². The zero-order valence-electron chi connectivity index (χ0n) is 13.1. The smallest absolute Gasteiger partial charge is 0.306 e. The lowest BCUT2D eigenvalue weighted by Gasteiger charge is -2.14. The maximum Gasteiger partial charge on any atom is 0.306 e. The van der Waals surface area contributed by atoms with Gasteiger partial charge in [0, 0.05) is 17.4 Å². The van der Waals surface area contributed by atoms with Gasteiger partial charge in [-0.15, -0.1) is 11.3 Å². The van der Waals surface area contributed by atoms with Crippen molar-refractivity contribution in [3.8, 4) is 0 Å². The van der Waals surface area contributed by atoms with Crippen molar-refractivity contribution in [3.63, 3.8) is 0 Å². The molecule has 0 radical (unpaired) electrons.